The molecule has 1 aliphatic rings. The lowest BCUT2D eigenvalue weighted by Crippen LogP contribution is -2.39. The molecule has 0 saturated carbocycles. The van der Waals surface area contributed by atoms with Gasteiger partial charge in [0.05, 0.1) is 19.4 Å². The minimum Gasteiger partial charge on any atom is -0.497 e. The first-order chi connectivity index (χ1) is 17.4. The van der Waals surface area contributed by atoms with Crippen LogP contribution in [0.3, 0.4) is 0 Å². The molecule has 0 aliphatic carbocycles. The van der Waals surface area contributed by atoms with Crippen LogP contribution < -0.4 is 24.4 Å². The summed E-state index contributed by atoms with van der Waals surface area (Å²) in [5.41, 5.74) is 1.80. The predicted octanol–water partition coefficient (Wildman–Crippen LogP) is 5.85. The molecule has 0 saturated heterocycles. The number of fused-ring (bicyclic) bond motifs is 1. The third-order valence-electron chi connectivity index (χ3n) is 5.40. The quantitative estimate of drug-likeness (QED) is 0.279. The summed E-state index contributed by atoms with van der Waals surface area (Å²) in [4.78, 5) is 26.7. The summed E-state index contributed by atoms with van der Waals surface area (Å²) in [5, 5.41) is 3.77. The van der Waals surface area contributed by atoms with Gasteiger partial charge in [0, 0.05) is 28.4 Å². The average Bonchev–Trinajstić information content (AvgIpc) is 2.87. The Morgan fingerprint density at radius 3 is 2.61 bits per heavy atom. The number of carbonyl (C=O) groups excluding carboxylic acids is 2. The van der Waals surface area contributed by atoms with E-state index in [1.807, 2.05) is 24.3 Å². The molecule has 0 bridgehead atoms. The van der Waals surface area contributed by atoms with E-state index in [9.17, 15) is 9.59 Å². The molecule has 3 aromatic carbocycles. The number of benzene rings is 3. The fourth-order valence-electron chi connectivity index (χ4n) is 3.60. The van der Waals surface area contributed by atoms with Gasteiger partial charge in [-0.1, -0.05) is 29.3 Å². The van der Waals surface area contributed by atoms with Gasteiger partial charge in [-0.3, -0.25) is 9.59 Å². The van der Waals surface area contributed by atoms with Crippen LogP contribution in [0.15, 0.2) is 66.7 Å². The molecule has 1 heterocycles. The second kappa shape index (κ2) is 11.8. The number of ether oxygens (including phenoxy) is 3. The van der Waals surface area contributed by atoms with Crippen molar-refractivity contribution in [2.75, 3.05) is 37.1 Å². The number of halogens is 2. The Balaban J connectivity index is 1.37. The zero-order valence-corrected chi connectivity index (χ0v) is 21.0. The van der Waals surface area contributed by atoms with Gasteiger partial charge in [-0.05, 0) is 72.7 Å². The Hall–Kier alpha value is -3.68. The first-order valence-electron chi connectivity index (χ1n) is 11.2. The lowest BCUT2D eigenvalue weighted by Gasteiger charge is -2.29. The van der Waals surface area contributed by atoms with Crippen LogP contribution >= 0.6 is 23.2 Å². The van der Waals surface area contributed by atoms with E-state index >= 15 is 0 Å². The first kappa shape index (κ1) is 25.4. The summed E-state index contributed by atoms with van der Waals surface area (Å²) in [7, 11) is 1.61. The molecule has 0 aromatic heterocycles. The van der Waals surface area contributed by atoms with Gasteiger partial charge in [-0.15, -0.1) is 0 Å². The molecule has 0 atom stereocenters. The maximum Gasteiger partial charge on any atom is 0.265 e. The largest absolute Gasteiger partial charge is 0.497 e. The molecule has 1 aliphatic heterocycles. The van der Waals surface area contributed by atoms with Crippen LogP contribution in [0.1, 0.15) is 12.0 Å². The standard InChI is InChI=1S/C27H24Cl2N2O5/c1-34-21-7-9-22(10-8-21)35-14-2-13-31-24-16-20(6-11-25(24)36-17-27(31)33)30-26(32)12-4-18-3-5-19(28)15-23(18)29/h3-12,15-16H,2,13-14,17H2,1H3,(H,30,32)/b12-4+. The third kappa shape index (κ3) is 6.50. The lowest BCUT2D eigenvalue weighted by atomic mass is 10.2. The molecule has 0 spiro atoms. The van der Waals surface area contributed by atoms with Gasteiger partial charge in [0.1, 0.15) is 17.2 Å². The molecule has 7 nitrogen and oxygen atoms in total. The van der Waals surface area contributed by atoms with Crippen LogP contribution in [0, 0.1) is 0 Å². The fraction of sp³-hybridized carbons (Fsp3) is 0.185. The highest BCUT2D eigenvalue weighted by Crippen LogP contribution is 2.35. The Morgan fingerprint density at radius 2 is 1.86 bits per heavy atom. The van der Waals surface area contributed by atoms with Gasteiger partial charge < -0.3 is 24.4 Å². The van der Waals surface area contributed by atoms with Crippen molar-refractivity contribution in [3.05, 3.63) is 82.3 Å². The molecule has 9 heteroatoms. The van der Waals surface area contributed by atoms with Crippen LogP contribution in [0.4, 0.5) is 11.4 Å². The number of nitrogens with one attached hydrogen (secondary N) is 1. The van der Waals surface area contributed by atoms with Crippen molar-refractivity contribution in [3.63, 3.8) is 0 Å². The summed E-state index contributed by atoms with van der Waals surface area (Å²) >= 11 is 12.1. The van der Waals surface area contributed by atoms with Gasteiger partial charge >= 0.3 is 0 Å². The minimum absolute atomic E-state index is 0.0391. The number of rotatable bonds is 9. The maximum atomic E-state index is 12.6. The van der Waals surface area contributed by atoms with Crippen molar-refractivity contribution in [2.45, 2.75) is 6.42 Å². The van der Waals surface area contributed by atoms with E-state index in [4.69, 9.17) is 37.4 Å². The number of hydrogen-bond donors (Lipinski definition) is 1. The van der Waals surface area contributed by atoms with E-state index in [1.165, 1.54) is 6.08 Å². The van der Waals surface area contributed by atoms with Gasteiger partial charge in [0.15, 0.2) is 6.61 Å². The molecular weight excluding hydrogens is 503 g/mol. The van der Waals surface area contributed by atoms with Gasteiger partial charge in [0.2, 0.25) is 5.91 Å². The summed E-state index contributed by atoms with van der Waals surface area (Å²) in [6.45, 7) is 0.834. The van der Waals surface area contributed by atoms with Crippen LogP contribution in [0.25, 0.3) is 6.08 Å². The Morgan fingerprint density at radius 1 is 1.08 bits per heavy atom. The van der Waals surface area contributed by atoms with Crippen LogP contribution in [0.2, 0.25) is 10.0 Å². The topological polar surface area (TPSA) is 77.1 Å². The second-order valence-electron chi connectivity index (χ2n) is 7.88. The van der Waals surface area contributed by atoms with Crippen LogP contribution in [-0.2, 0) is 9.59 Å². The summed E-state index contributed by atoms with van der Waals surface area (Å²) < 4.78 is 16.5. The average molecular weight is 527 g/mol. The Bertz CT molecular complexity index is 1280. The van der Waals surface area contributed by atoms with Crippen LogP contribution in [-0.4, -0.2) is 38.7 Å². The number of amides is 2. The summed E-state index contributed by atoms with van der Waals surface area (Å²) in [5.74, 6) is 1.55. The van der Waals surface area contributed by atoms with E-state index in [1.54, 1.807) is 54.5 Å². The van der Waals surface area contributed by atoms with E-state index in [0.29, 0.717) is 52.3 Å². The normalized spacial score (nSPS) is 12.8. The molecule has 186 valence electrons. The molecule has 3 aromatic rings. The van der Waals surface area contributed by atoms with Crippen LogP contribution in [0.5, 0.6) is 17.2 Å². The van der Waals surface area contributed by atoms with E-state index in [2.05, 4.69) is 5.32 Å². The number of methoxy groups -OCH3 is 1. The molecule has 1 N–H and O–H groups in total. The van der Waals surface area contributed by atoms with Crippen molar-refractivity contribution in [1.29, 1.82) is 0 Å². The SMILES string of the molecule is COc1ccc(OCCCN2C(=O)COc3ccc(NC(=O)/C=C/c4ccc(Cl)cc4Cl)cc32)cc1. The smallest absolute Gasteiger partial charge is 0.265 e. The number of carbonyl (C=O) groups is 2. The van der Waals surface area contributed by atoms with E-state index in [-0.39, 0.29) is 18.4 Å². The highest BCUT2D eigenvalue weighted by molar-refractivity contribution is 6.35. The zero-order chi connectivity index (χ0) is 25.5. The van der Waals surface area contributed by atoms with Crippen molar-refractivity contribution in [3.8, 4) is 17.2 Å². The molecule has 4 rings (SSSR count). The molecule has 0 radical (unpaired) electrons. The fourth-order valence-corrected chi connectivity index (χ4v) is 4.07. The monoisotopic (exact) mass is 526 g/mol. The molecule has 36 heavy (non-hydrogen) atoms. The number of nitrogens with zero attached hydrogens (tertiary/aromatic N) is 1. The van der Waals surface area contributed by atoms with Gasteiger partial charge in [-0.25, -0.2) is 0 Å². The lowest BCUT2D eigenvalue weighted by molar-refractivity contribution is -0.121. The zero-order valence-electron chi connectivity index (χ0n) is 19.5. The Labute approximate surface area is 219 Å². The summed E-state index contributed by atoms with van der Waals surface area (Å²) in [6.07, 6.45) is 3.59. The van der Waals surface area contributed by atoms with E-state index in [0.717, 1.165) is 11.5 Å². The van der Waals surface area contributed by atoms with Crippen molar-refractivity contribution < 1.29 is 23.8 Å². The third-order valence-corrected chi connectivity index (χ3v) is 5.96. The van der Waals surface area contributed by atoms with Crippen molar-refractivity contribution >= 4 is 52.5 Å². The predicted molar refractivity (Wildman–Crippen MR) is 142 cm³/mol. The molecular formula is C27H24Cl2N2O5. The van der Waals surface area contributed by atoms with E-state index < -0.39 is 0 Å². The maximum absolute atomic E-state index is 12.6. The van der Waals surface area contributed by atoms with Gasteiger partial charge in [-0.2, -0.15) is 0 Å². The molecule has 0 fully saturated rings. The second-order valence-corrected chi connectivity index (χ2v) is 8.73. The molecule has 2 amide bonds. The van der Waals surface area contributed by atoms with Crippen molar-refractivity contribution in [1.82, 2.24) is 0 Å². The number of hydrogen-bond acceptors (Lipinski definition) is 5. The van der Waals surface area contributed by atoms with Gasteiger partial charge in [0.25, 0.3) is 5.91 Å². The highest BCUT2D eigenvalue weighted by Gasteiger charge is 2.25. The minimum atomic E-state index is -0.344. The number of anilines is 2. The highest BCUT2D eigenvalue weighted by atomic mass is 35.5. The first-order valence-corrected chi connectivity index (χ1v) is 12.0. The summed E-state index contributed by atoms with van der Waals surface area (Å²) in [6, 6.07) is 17.5. The molecule has 0 unspecified atom stereocenters. The Kier molecular flexibility index (Phi) is 8.36. The van der Waals surface area contributed by atoms with Crippen molar-refractivity contribution in [2.24, 2.45) is 0 Å².